The molecule has 0 N–H and O–H groups in total. The first-order valence-corrected chi connectivity index (χ1v) is 8.85. The highest BCUT2D eigenvalue weighted by atomic mass is 32.1. The van der Waals surface area contributed by atoms with E-state index in [1.165, 1.54) is 37.2 Å². The number of hydrogen-bond donors (Lipinski definition) is 0. The summed E-state index contributed by atoms with van der Waals surface area (Å²) in [5.41, 5.74) is 0. The normalized spacial score (nSPS) is 31.1. The molecule has 0 aromatic carbocycles. The van der Waals surface area contributed by atoms with E-state index in [1.807, 2.05) is 0 Å². The van der Waals surface area contributed by atoms with Crippen LogP contribution in [0.3, 0.4) is 0 Å². The predicted molar refractivity (Wildman–Crippen MR) is 82.5 cm³/mol. The zero-order valence-electron chi connectivity index (χ0n) is 12.5. The van der Waals surface area contributed by atoms with E-state index in [1.54, 1.807) is 11.5 Å². The van der Waals surface area contributed by atoms with E-state index in [9.17, 15) is 0 Å². The second-order valence-corrected chi connectivity index (χ2v) is 7.60. The van der Waals surface area contributed by atoms with E-state index >= 15 is 0 Å². The topological polar surface area (TPSA) is 32.3 Å². The zero-order valence-corrected chi connectivity index (χ0v) is 13.3. The van der Waals surface area contributed by atoms with Crippen molar-refractivity contribution >= 4 is 16.7 Å². The van der Waals surface area contributed by atoms with Gasteiger partial charge in [0.05, 0.1) is 0 Å². The van der Waals surface area contributed by atoms with Crippen molar-refractivity contribution in [2.24, 2.45) is 0 Å². The van der Waals surface area contributed by atoms with E-state index < -0.39 is 0 Å². The molecule has 5 heteroatoms. The Bertz CT molecular complexity index is 482. The minimum absolute atomic E-state index is 0.670. The summed E-state index contributed by atoms with van der Waals surface area (Å²) < 4.78 is 4.58. The highest BCUT2D eigenvalue weighted by molar-refractivity contribution is 7.09. The maximum atomic E-state index is 4.81. The van der Waals surface area contributed by atoms with Gasteiger partial charge in [-0.15, -0.1) is 0 Å². The fourth-order valence-electron chi connectivity index (χ4n) is 3.99. The standard InChI is InChI=1S/C15H24N4S/c1-10(2)19-12-5-6-13(19)9-18(8-7-12)15-16-14(17-20-15)11-3-4-11/h10-13H,3-9H2,1-2H3/t12-,13-/m0/s1. The van der Waals surface area contributed by atoms with Gasteiger partial charge in [0, 0.05) is 48.7 Å². The van der Waals surface area contributed by atoms with Gasteiger partial charge in [0.25, 0.3) is 0 Å². The average Bonchev–Trinajstić information content (AvgIpc) is 3.04. The Hall–Kier alpha value is -0.680. The molecule has 2 aliphatic heterocycles. The summed E-state index contributed by atoms with van der Waals surface area (Å²) in [6.45, 7) is 6.99. The molecule has 1 aliphatic carbocycles. The molecular formula is C15H24N4S. The molecule has 3 aliphatic rings. The van der Waals surface area contributed by atoms with Crippen molar-refractivity contribution in [2.45, 2.75) is 70.0 Å². The molecule has 2 saturated heterocycles. The number of rotatable bonds is 3. The van der Waals surface area contributed by atoms with Crippen LogP contribution >= 0.6 is 11.5 Å². The molecule has 2 atom stereocenters. The zero-order chi connectivity index (χ0) is 13.7. The number of hydrogen-bond acceptors (Lipinski definition) is 5. The fourth-order valence-corrected chi connectivity index (χ4v) is 4.77. The van der Waals surface area contributed by atoms with E-state index in [0.717, 1.165) is 31.0 Å². The fraction of sp³-hybridized carbons (Fsp3) is 0.867. The smallest absolute Gasteiger partial charge is 0.205 e. The number of aromatic nitrogens is 2. The van der Waals surface area contributed by atoms with Crippen LogP contribution in [0.25, 0.3) is 0 Å². The van der Waals surface area contributed by atoms with Crippen LogP contribution in [0.5, 0.6) is 0 Å². The highest BCUT2D eigenvalue weighted by Crippen LogP contribution is 2.40. The maximum absolute atomic E-state index is 4.81. The summed E-state index contributed by atoms with van der Waals surface area (Å²) in [6.07, 6.45) is 6.62. The first kappa shape index (κ1) is 13.0. The second-order valence-electron chi connectivity index (χ2n) is 6.87. The summed E-state index contributed by atoms with van der Waals surface area (Å²) in [5.74, 6) is 1.79. The lowest BCUT2D eigenvalue weighted by atomic mass is 10.1. The predicted octanol–water partition coefficient (Wildman–Crippen LogP) is 2.87. The quantitative estimate of drug-likeness (QED) is 0.857. The van der Waals surface area contributed by atoms with Crippen molar-refractivity contribution in [3.8, 4) is 0 Å². The van der Waals surface area contributed by atoms with Gasteiger partial charge in [0.15, 0.2) is 0 Å². The summed E-state index contributed by atoms with van der Waals surface area (Å²) in [4.78, 5) is 10.1. The summed E-state index contributed by atoms with van der Waals surface area (Å²) >= 11 is 1.62. The molecular weight excluding hydrogens is 268 g/mol. The van der Waals surface area contributed by atoms with Crippen molar-refractivity contribution in [3.05, 3.63) is 5.82 Å². The summed E-state index contributed by atoms with van der Waals surface area (Å²) in [6, 6.07) is 2.18. The van der Waals surface area contributed by atoms with E-state index in [-0.39, 0.29) is 0 Å². The Labute approximate surface area is 125 Å². The first-order valence-electron chi connectivity index (χ1n) is 8.08. The largest absolute Gasteiger partial charge is 0.345 e. The molecule has 0 radical (unpaired) electrons. The van der Waals surface area contributed by atoms with Crippen molar-refractivity contribution in [3.63, 3.8) is 0 Å². The molecule has 1 saturated carbocycles. The molecule has 0 amide bonds. The molecule has 110 valence electrons. The van der Waals surface area contributed by atoms with Gasteiger partial charge in [0.1, 0.15) is 5.82 Å². The molecule has 20 heavy (non-hydrogen) atoms. The number of anilines is 1. The van der Waals surface area contributed by atoms with Crippen molar-refractivity contribution in [1.29, 1.82) is 0 Å². The third-order valence-electron chi connectivity index (χ3n) is 5.08. The van der Waals surface area contributed by atoms with Gasteiger partial charge in [-0.05, 0) is 46.0 Å². The SMILES string of the molecule is CC(C)N1[C@H]2CC[C@H]1CN(c1nc(C3CC3)ns1)CC2. The van der Waals surface area contributed by atoms with Gasteiger partial charge in [-0.3, -0.25) is 4.90 Å². The van der Waals surface area contributed by atoms with Crippen LogP contribution in [0.1, 0.15) is 57.7 Å². The lowest BCUT2D eigenvalue weighted by Gasteiger charge is -2.32. The second kappa shape index (κ2) is 4.95. The van der Waals surface area contributed by atoms with Gasteiger partial charge in [-0.1, -0.05) is 0 Å². The average molecular weight is 292 g/mol. The molecule has 0 unspecified atom stereocenters. The third-order valence-corrected chi connectivity index (χ3v) is 5.87. The Morgan fingerprint density at radius 1 is 1.10 bits per heavy atom. The third kappa shape index (κ3) is 2.25. The molecule has 0 spiro atoms. The lowest BCUT2D eigenvalue weighted by Crippen LogP contribution is -2.43. The summed E-state index contributed by atoms with van der Waals surface area (Å²) in [5, 5.41) is 1.17. The molecule has 3 fully saturated rings. The highest BCUT2D eigenvalue weighted by Gasteiger charge is 2.39. The molecule has 1 aromatic heterocycles. The van der Waals surface area contributed by atoms with Gasteiger partial charge in [-0.2, -0.15) is 4.37 Å². The Kier molecular flexibility index (Phi) is 3.22. The van der Waals surface area contributed by atoms with Crippen LogP contribution in [0.2, 0.25) is 0 Å². The Balaban J connectivity index is 1.52. The minimum Gasteiger partial charge on any atom is -0.345 e. The molecule has 3 heterocycles. The van der Waals surface area contributed by atoms with Crippen LogP contribution in [0.15, 0.2) is 0 Å². The number of fused-ring (bicyclic) bond motifs is 2. The lowest BCUT2D eigenvalue weighted by molar-refractivity contribution is 0.158. The van der Waals surface area contributed by atoms with Crippen LogP contribution in [0, 0.1) is 0 Å². The minimum atomic E-state index is 0.670. The van der Waals surface area contributed by atoms with E-state index in [2.05, 4.69) is 28.0 Å². The Morgan fingerprint density at radius 3 is 2.65 bits per heavy atom. The number of nitrogens with zero attached hydrogens (tertiary/aromatic N) is 4. The summed E-state index contributed by atoms with van der Waals surface area (Å²) in [7, 11) is 0. The van der Waals surface area contributed by atoms with E-state index in [0.29, 0.717) is 12.0 Å². The van der Waals surface area contributed by atoms with Crippen molar-refractivity contribution in [1.82, 2.24) is 14.3 Å². The van der Waals surface area contributed by atoms with Crippen LogP contribution in [-0.4, -0.2) is 45.5 Å². The van der Waals surface area contributed by atoms with Gasteiger partial charge >= 0.3 is 0 Å². The van der Waals surface area contributed by atoms with Crippen LogP contribution in [-0.2, 0) is 0 Å². The maximum Gasteiger partial charge on any atom is 0.205 e. The monoisotopic (exact) mass is 292 g/mol. The van der Waals surface area contributed by atoms with Gasteiger partial charge in [-0.25, -0.2) is 4.98 Å². The molecule has 1 aromatic rings. The van der Waals surface area contributed by atoms with Crippen molar-refractivity contribution < 1.29 is 0 Å². The van der Waals surface area contributed by atoms with Gasteiger partial charge in [0.2, 0.25) is 5.13 Å². The van der Waals surface area contributed by atoms with Crippen LogP contribution in [0.4, 0.5) is 5.13 Å². The van der Waals surface area contributed by atoms with E-state index in [4.69, 9.17) is 4.98 Å². The first-order chi connectivity index (χ1) is 9.72. The van der Waals surface area contributed by atoms with Crippen LogP contribution < -0.4 is 4.90 Å². The molecule has 4 nitrogen and oxygen atoms in total. The Morgan fingerprint density at radius 2 is 1.90 bits per heavy atom. The molecule has 4 rings (SSSR count). The molecule has 2 bridgehead atoms. The van der Waals surface area contributed by atoms with Crippen molar-refractivity contribution in [2.75, 3.05) is 18.0 Å². The van der Waals surface area contributed by atoms with Gasteiger partial charge < -0.3 is 4.90 Å².